The lowest BCUT2D eigenvalue weighted by molar-refractivity contribution is -0.0264. The van der Waals surface area contributed by atoms with Gasteiger partial charge < -0.3 is 19.9 Å². The van der Waals surface area contributed by atoms with Crippen LogP contribution in [0.1, 0.15) is 24.8 Å². The first-order chi connectivity index (χ1) is 13.3. The van der Waals surface area contributed by atoms with Crippen LogP contribution in [0.15, 0.2) is 34.3 Å². The second-order valence-corrected chi connectivity index (χ2v) is 9.20. The first-order valence-electron chi connectivity index (χ1n) is 9.18. The highest BCUT2D eigenvalue weighted by atomic mass is 32.2. The summed E-state index contributed by atoms with van der Waals surface area (Å²) in [7, 11) is -1.60. The number of aliphatic imine (C=N–C) groups is 1. The van der Waals surface area contributed by atoms with Gasteiger partial charge in [0.2, 0.25) is 0 Å². The first-order valence-corrected chi connectivity index (χ1v) is 11.1. The summed E-state index contributed by atoms with van der Waals surface area (Å²) in [5.41, 5.74) is 2.51. The van der Waals surface area contributed by atoms with Crippen molar-refractivity contribution >= 4 is 21.9 Å². The SMILES string of the molecule is Cn1cc(-c2ccc(S(C)(=O)=O)cc2F)c2c1C(OC1CCNCC1)N=CN2. The third kappa shape index (κ3) is 3.57. The number of anilines is 1. The molecule has 0 bridgehead atoms. The number of aromatic nitrogens is 1. The number of hydrogen-bond donors (Lipinski definition) is 2. The minimum atomic E-state index is -3.47. The second-order valence-electron chi connectivity index (χ2n) is 7.19. The van der Waals surface area contributed by atoms with Crippen LogP contribution in [0.25, 0.3) is 11.1 Å². The van der Waals surface area contributed by atoms with Crippen molar-refractivity contribution in [3.8, 4) is 11.1 Å². The molecule has 1 aromatic carbocycles. The van der Waals surface area contributed by atoms with Gasteiger partial charge in [-0.1, -0.05) is 6.07 Å². The highest BCUT2D eigenvalue weighted by molar-refractivity contribution is 7.90. The van der Waals surface area contributed by atoms with E-state index >= 15 is 0 Å². The Morgan fingerprint density at radius 1 is 1.25 bits per heavy atom. The van der Waals surface area contributed by atoms with E-state index in [0.717, 1.165) is 49.6 Å². The molecule has 1 atom stereocenters. The number of halogens is 1. The van der Waals surface area contributed by atoms with Crippen molar-refractivity contribution < 1.29 is 17.5 Å². The Hall–Kier alpha value is -2.23. The topological polar surface area (TPSA) is 84.7 Å². The Balaban J connectivity index is 1.69. The molecule has 9 heteroatoms. The largest absolute Gasteiger partial charge is 0.348 e. The molecule has 0 aliphatic carbocycles. The summed E-state index contributed by atoms with van der Waals surface area (Å²) in [6, 6.07) is 3.98. The number of benzene rings is 1. The van der Waals surface area contributed by atoms with Gasteiger partial charge in [0.05, 0.1) is 28.7 Å². The molecule has 1 aromatic heterocycles. The molecule has 2 aliphatic rings. The van der Waals surface area contributed by atoms with Crippen LogP contribution in [-0.2, 0) is 21.6 Å². The van der Waals surface area contributed by atoms with Gasteiger partial charge >= 0.3 is 0 Å². The molecule has 0 saturated carbocycles. The molecular weight excluding hydrogens is 383 g/mol. The average Bonchev–Trinajstić information content (AvgIpc) is 2.99. The standard InChI is InChI=1S/C19H23FN4O3S/c1-24-10-15(14-4-3-13(9-16(14)20)28(2,25)26)17-18(24)19(23-11-22-17)27-12-5-7-21-8-6-12/h3-4,9-12,19,21H,5-8H2,1-2H3,(H,22,23). The number of hydrogen-bond acceptors (Lipinski definition) is 6. The van der Waals surface area contributed by atoms with Crippen molar-refractivity contribution in [3.05, 3.63) is 35.9 Å². The smallest absolute Gasteiger partial charge is 0.193 e. The zero-order valence-electron chi connectivity index (χ0n) is 15.8. The number of nitrogens with one attached hydrogen (secondary N) is 2. The van der Waals surface area contributed by atoms with E-state index in [1.807, 2.05) is 17.8 Å². The summed E-state index contributed by atoms with van der Waals surface area (Å²) in [5, 5.41) is 6.41. The van der Waals surface area contributed by atoms with E-state index in [1.54, 1.807) is 6.34 Å². The maximum absolute atomic E-state index is 14.7. The molecule has 2 N–H and O–H groups in total. The van der Waals surface area contributed by atoms with Gasteiger partial charge in [0.1, 0.15) is 5.82 Å². The molecule has 28 heavy (non-hydrogen) atoms. The minimum Gasteiger partial charge on any atom is -0.348 e. The Bertz CT molecular complexity index is 1030. The fourth-order valence-corrected chi connectivity index (χ4v) is 4.33. The molecule has 1 unspecified atom stereocenters. The summed E-state index contributed by atoms with van der Waals surface area (Å²) >= 11 is 0. The summed E-state index contributed by atoms with van der Waals surface area (Å²) in [6.07, 6.45) is 5.95. The number of piperidine rings is 1. The van der Waals surface area contributed by atoms with Gasteiger partial charge in [0, 0.05) is 30.6 Å². The van der Waals surface area contributed by atoms with Gasteiger partial charge in [0.15, 0.2) is 16.1 Å². The van der Waals surface area contributed by atoms with E-state index in [1.165, 1.54) is 12.1 Å². The Labute approximate surface area is 163 Å². The highest BCUT2D eigenvalue weighted by Gasteiger charge is 2.29. The van der Waals surface area contributed by atoms with Gasteiger partial charge in [-0.05, 0) is 38.1 Å². The van der Waals surface area contributed by atoms with Gasteiger partial charge in [0.25, 0.3) is 0 Å². The lowest BCUT2D eigenvalue weighted by Gasteiger charge is -2.28. The number of aryl methyl sites for hydroxylation is 1. The Kier molecular flexibility index (Phi) is 4.98. The molecule has 0 spiro atoms. The zero-order chi connectivity index (χ0) is 19.9. The van der Waals surface area contributed by atoms with Crippen LogP contribution in [0, 0.1) is 5.82 Å². The van der Waals surface area contributed by atoms with Crippen LogP contribution in [0.2, 0.25) is 0 Å². The molecule has 4 rings (SSSR count). The van der Waals surface area contributed by atoms with E-state index in [-0.39, 0.29) is 11.0 Å². The van der Waals surface area contributed by atoms with Crippen molar-refractivity contribution in [3.63, 3.8) is 0 Å². The van der Waals surface area contributed by atoms with Crippen LogP contribution < -0.4 is 10.6 Å². The minimum absolute atomic E-state index is 0.0415. The first kappa shape index (κ1) is 19.1. The molecule has 0 radical (unpaired) electrons. The van der Waals surface area contributed by atoms with Crippen LogP contribution in [0.3, 0.4) is 0 Å². The molecule has 1 saturated heterocycles. The quantitative estimate of drug-likeness (QED) is 0.815. The normalized spacial score (nSPS) is 20.0. The predicted octanol–water partition coefficient (Wildman–Crippen LogP) is 2.46. The Morgan fingerprint density at radius 3 is 2.68 bits per heavy atom. The van der Waals surface area contributed by atoms with Crippen LogP contribution >= 0.6 is 0 Å². The maximum atomic E-state index is 14.7. The van der Waals surface area contributed by atoms with Crippen LogP contribution in [0.4, 0.5) is 10.1 Å². The molecule has 7 nitrogen and oxygen atoms in total. The third-order valence-corrected chi connectivity index (χ3v) is 6.26. The third-order valence-electron chi connectivity index (χ3n) is 5.15. The molecule has 2 aromatic rings. The highest BCUT2D eigenvalue weighted by Crippen LogP contribution is 2.41. The molecule has 1 fully saturated rings. The van der Waals surface area contributed by atoms with Crippen LogP contribution in [-0.4, -0.2) is 44.8 Å². The number of fused-ring (bicyclic) bond motifs is 1. The Morgan fingerprint density at radius 2 is 2.00 bits per heavy atom. The van der Waals surface area contributed by atoms with Gasteiger partial charge in [-0.3, -0.25) is 0 Å². The van der Waals surface area contributed by atoms with E-state index in [4.69, 9.17) is 4.74 Å². The summed E-state index contributed by atoms with van der Waals surface area (Å²) in [6.45, 7) is 1.84. The van der Waals surface area contributed by atoms with E-state index < -0.39 is 21.9 Å². The monoisotopic (exact) mass is 406 g/mol. The fraction of sp³-hybridized carbons (Fsp3) is 0.421. The number of sulfone groups is 1. The molecule has 150 valence electrons. The van der Waals surface area contributed by atoms with Crippen molar-refractivity contribution in [1.82, 2.24) is 9.88 Å². The summed E-state index contributed by atoms with van der Waals surface area (Å²) in [4.78, 5) is 4.39. The van der Waals surface area contributed by atoms with E-state index in [0.29, 0.717) is 11.1 Å². The second kappa shape index (κ2) is 7.31. The number of ether oxygens (including phenoxy) is 1. The van der Waals surface area contributed by atoms with Crippen molar-refractivity contribution in [1.29, 1.82) is 0 Å². The lowest BCUT2D eigenvalue weighted by Crippen LogP contribution is -2.33. The van der Waals surface area contributed by atoms with Crippen LogP contribution in [0.5, 0.6) is 0 Å². The number of rotatable bonds is 4. The zero-order valence-corrected chi connectivity index (χ0v) is 16.6. The van der Waals surface area contributed by atoms with Gasteiger partial charge in [-0.2, -0.15) is 0 Å². The average molecular weight is 406 g/mol. The number of nitrogens with zero attached hydrogens (tertiary/aromatic N) is 2. The summed E-state index contributed by atoms with van der Waals surface area (Å²) < 4.78 is 46.2. The van der Waals surface area contributed by atoms with Gasteiger partial charge in [-0.15, -0.1) is 0 Å². The lowest BCUT2D eigenvalue weighted by atomic mass is 10.1. The molecule has 2 aliphatic heterocycles. The maximum Gasteiger partial charge on any atom is 0.193 e. The molecule has 0 amide bonds. The summed E-state index contributed by atoms with van der Waals surface area (Å²) in [5.74, 6) is -0.587. The predicted molar refractivity (Wildman–Crippen MR) is 106 cm³/mol. The van der Waals surface area contributed by atoms with Crippen molar-refractivity contribution in [2.24, 2.45) is 12.0 Å². The molecular formula is C19H23FN4O3S. The fourth-order valence-electron chi connectivity index (χ4n) is 3.69. The molecule has 3 heterocycles. The van der Waals surface area contributed by atoms with E-state index in [9.17, 15) is 12.8 Å². The van der Waals surface area contributed by atoms with E-state index in [2.05, 4.69) is 15.6 Å². The van der Waals surface area contributed by atoms with Gasteiger partial charge in [-0.25, -0.2) is 17.8 Å². The van der Waals surface area contributed by atoms with Crippen molar-refractivity contribution in [2.75, 3.05) is 24.7 Å². The van der Waals surface area contributed by atoms with Crippen molar-refractivity contribution in [2.45, 2.75) is 30.1 Å².